The van der Waals surface area contributed by atoms with E-state index in [2.05, 4.69) is 22.0 Å². The predicted molar refractivity (Wildman–Crippen MR) is 68.5 cm³/mol. The van der Waals surface area contributed by atoms with Crippen LogP contribution in [-0.2, 0) is 6.42 Å². The highest BCUT2D eigenvalue weighted by molar-refractivity contribution is 9.11. The maximum absolute atomic E-state index is 5.77. The molecule has 0 saturated carbocycles. The highest BCUT2D eigenvalue weighted by Crippen LogP contribution is 2.29. The Morgan fingerprint density at radius 3 is 2.46 bits per heavy atom. The third-order valence-electron chi connectivity index (χ3n) is 1.51. The van der Waals surface area contributed by atoms with E-state index in [1.807, 2.05) is 6.07 Å². The Balaban J connectivity index is 2.28. The summed E-state index contributed by atoms with van der Waals surface area (Å²) in [5.74, 6) is 0. The lowest BCUT2D eigenvalue weighted by molar-refractivity contribution is 0.932. The maximum Gasteiger partial charge on any atom is 0.341 e. The quantitative estimate of drug-likeness (QED) is 0.529. The maximum atomic E-state index is 5.77. The standard InChI is InChI=1S/C7H8BrCl3SSi/c8-7-4-3-6(12-7)2-1-5-13(9,10)11/h3-4H,1-2,5H2. The molecule has 1 rings (SSSR count). The molecule has 0 nitrogen and oxygen atoms in total. The first-order chi connectivity index (χ1) is 5.97. The van der Waals surface area contributed by atoms with Gasteiger partial charge < -0.3 is 0 Å². The summed E-state index contributed by atoms with van der Waals surface area (Å²) in [5, 5.41) is 0. The minimum Gasteiger partial charge on any atom is -0.133 e. The summed E-state index contributed by atoms with van der Waals surface area (Å²) in [5.41, 5.74) is 0. The third-order valence-corrected chi connectivity index (χ3v) is 5.82. The fourth-order valence-corrected chi connectivity index (χ4v) is 4.25. The Kier molecular flexibility index (Phi) is 5.10. The van der Waals surface area contributed by atoms with Gasteiger partial charge in [-0.25, -0.2) is 0 Å². The van der Waals surface area contributed by atoms with Crippen LogP contribution < -0.4 is 0 Å². The van der Waals surface area contributed by atoms with E-state index in [1.54, 1.807) is 11.3 Å². The molecule has 6 heteroatoms. The summed E-state index contributed by atoms with van der Waals surface area (Å²) < 4.78 is 1.16. The molecule has 0 aliphatic rings. The number of aryl methyl sites for hydroxylation is 1. The summed E-state index contributed by atoms with van der Waals surface area (Å²) in [6.07, 6.45) is 1.98. The van der Waals surface area contributed by atoms with Crippen molar-refractivity contribution < 1.29 is 0 Å². The zero-order valence-electron chi connectivity index (χ0n) is 6.70. The molecular weight excluding hydrogens is 330 g/mol. The van der Waals surface area contributed by atoms with Crippen LogP contribution in [0.25, 0.3) is 0 Å². The Morgan fingerprint density at radius 1 is 1.31 bits per heavy atom. The second-order valence-corrected chi connectivity index (χ2v) is 14.5. The summed E-state index contributed by atoms with van der Waals surface area (Å²) >= 11 is 22.5. The van der Waals surface area contributed by atoms with Crippen molar-refractivity contribution in [3.05, 3.63) is 20.8 Å². The minimum absolute atomic E-state index is 0.743. The van der Waals surface area contributed by atoms with E-state index in [0.717, 1.165) is 22.7 Å². The van der Waals surface area contributed by atoms with Gasteiger partial charge in [0.15, 0.2) is 0 Å². The van der Waals surface area contributed by atoms with E-state index in [4.69, 9.17) is 33.2 Å². The van der Waals surface area contributed by atoms with E-state index in [9.17, 15) is 0 Å². The van der Waals surface area contributed by atoms with Gasteiger partial charge in [0.05, 0.1) is 3.79 Å². The largest absolute Gasteiger partial charge is 0.341 e. The van der Waals surface area contributed by atoms with Crippen molar-refractivity contribution in [2.75, 3.05) is 0 Å². The SMILES string of the molecule is Cl[Si](Cl)(Cl)CCCc1ccc(Br)s1. The van der Waals surface area contributed by atoms with Crippen molar-refractivity contribution in [3.8, 4) is 0 Å². The van der Waals surface area contributed by atoms with Crippen molar-refractivity contribution >= 4 is 66.5 Å². The van der Waals surface area contributed by atoms with E-state index in [1.165, 1.54) is 4.88 Å². The van der Waals surface area contributed by atoms with E-state index in [0.29, 0.717) is 0 Å². The molecule has 0 aliphatic heterocycles. The number of hydrogen-bond donors (Lipinski definition) is 0. The molecule has 0 spiro atoms. The van der Waals surface area contributed by atoms with Crippen molar-refractivity contribution in [2.45, 2.75) is 18.9 Å². The van der Waals surface area contributed by atoms with Gasteiger partial charge in [0.25, 0.3) is 0 Å². The number of rotatable bonds is 4. The van der Waals surface area contributed by atoms with Crippen molar-refractivity contribution in [1.82, 2.24) is 0 Å². The highest BCUT2D eigenvalue weighted by atomic mass is 79.9. The van der Waals surface area contributed by atoms with Crippen molar-refractivity contribution in [3.63, 3.8) is 0 Å². The predicted octanol–water partition coefficient (Wildman–Crippen LogP) is 5.10. The molecule has 0 bridgehead atoms. The van der Waals surface area contributed by atoms with Gasteiger partial charge in [-0.1, -0.05) is 0 Å². The molecule has 1 aromatic heterocycles. The second-order valence-electron chi connectivity index (χ2n) is 2.67. The number of halogens is 4. The molecule has 0 saturated heterocycles. The fraction of sp³-hybridized carbons (Fsp3) is 0.429. The zero-order chi connectivity index (χ0) is 9.90. The lowest BCUT2D eigenvalue weighted by Crippen LogP contribution is -2.08. The summed E-state index contributed by atoms with van der Waals surface area (Å²) in [6.45, 7) is 0. The molecule has 0 atom stereocenters. The van der Waals surface area contributed by atoms with Crippen LogP contribution >= 0.6 is 60.5 Å². The first-order valence-corrected chi connectivity index (χ1v) is 10.6. The molecule has 0 aliphatic carbocycles. The lowest BCUT2D eigenvalue weighted by Gasteiger charge is -2.05. The third kappa shape index (κ3) is 5.65. The van der Waals surface area contributed by atoms with Gasteiger partial charge in [-0.2, -0.15) is 0 Å². The summed E-state index contributed by atoms with van der Waals surface area (Å²) in [4.78, 5) is 1.34. The average Bonchev–Trinajstić information content (AvgIpc) is 2.33. The van der Waals surface area contributed by atoms with Crippen LogP contribution in [0.5, 0.6) is 0 Å². The zero-order valence-corrected chi connectivity index (χ0v) is 12.4. The molecule has 74 valence electrons. The highest BCUT2D eigenvalue weighted by Gasteiger charge is 2.23. The van der Waals surface area contributed by atoms with Gasteiger partial charge in [0.2, 0.25) is 0 Å². The van der Waals surface area contributed by atoms with E-state index < -0.39 is 6.00 Å². The summed E-state index contributed by atoms with van der Waals surface area (Å²) in [6, 6.07) is 2.50. The van der Waals surface area contributed by atoms with Gasteiger partial charge >= 0.3 is 6.00 Å². The van der Waals surface area contributed by atoms with Crippen LogP contribution in [0, 0.1) is 0 Å². The van der Waals surface area contributed by atoms with Crippen molar-refractivity contribution in [1.29, 1.82) is 0 Å². The average molecular weight is 339 g/mol. The molecule has 0 aromatic carbocycles. The molecule has 0 fully saturated rings. The van der Waals surface area contributed by atoms with Crippen LogP contribution in [0.1, 0.15) is 11.3 Å². The summed E-state index contributed by atoms with van der Waals surface area (Å²) in [7, 11) is 0. The lowest BCUT2D eigenvalue weighted by atomic mass is 10.3. The minimum atomic E-state index is -2.39. The monoisotopic (exact) mass is 336 g/mol. The van der Waals surface area contributed by atoms with Crippen LogP contribution in [0.4, 0.5) is 0 Å². The first-order valence-electron chi connectivity index (χ1n) is 3.78. The molecule has 0 N–H and O–H groups in total. The van der Waals surface area contributed by atoms with E-state index in [-0.39, 0.29) is 0 Å². The Labute approximate surface area is 105 Å². The molecule has 1 heterocycles. The van der Waals surface area contributed by atoms with Gasteiger partial charge in [-0.15, -0.1) is 44.6 Å². The second kappa shape index (κ2) is 5.38. The van der Waals surface area contributed by atoms with Gasteiger partial charge in [-0.3, -0.25) is 0 Å². The normalized spacial score (nSPS) is 12.0. The molecule has 1 aromatic rings. The molecule has 0 amide bonds. The van der Waals surface area contributed by atoms with Gasteiger partial charge in [0.1, 0.15) is 0 Å². The molecule has 0 unspecified atom stereocenters. The van der Waals surface area contributed by atoms with Crippen LogP contribution in [0.3, 0.4) is 0 Å². The van der Waals surface area contributed by atoms with Gasteiger partial charge in [0, 0.05) is 4.88 Å². The van der Waals surface area contributed by atoms with E-state index >= 15 is 0 Å². The van der Waals surface area contributed by atoms with Crippen LogP contribution in [0.15, 0.2) is 15.9 Å². The van der Waals surface area contributed by atoms with Crippen LogP contribution in [0.2, 0.25) is 6.04 Å². The molecular formula is C7H8BrCl3SSi. The number of hydrogen-bond acceptors (Lipinski definition) is 1. The Bertz CT molecular complexity index is 271. The van der Waals surface area contributed by atoms with Gasteiger partial charge in [-0.05, 0) is 46.9 Å². The van der Waals surface area contributed by atoms with Crippen LogP contribution in [-0.4, -0.2) is 6.00 Å². The topological polar surface area (TPSA) is 0 Å². The molecule has 13 heavy (non-hydrogen) atoms. The smallest absolute Gasteiger partial charge is 0.133 e. The van der Waals surface area contributed by atoms with Crippen molar-refractivity contribution in [2.24, 2.45) is 0 Å². The fourth-order valence-electron chi connectivity index (χ4n) is 0.949. The first kappa shape index (κ1) is 12.3. The Hall–Kier alpha value is 1.27. The Morgan fingerprint density at radius 2 is 2.00 bits per heavy atom. The molecule has 0 radical (unpaired) electrons. The number of thiophene rings is 1.